The predicted molar refractivity (Wildman–Crippen MR) is 103 cm³/mol. The molecule has 0 bridgehead atoms. The van der Waals surface area contributed by atoms with Crippen LogP contribution in [0.4, 0.5) is 5.69 Å². The highest BCUT2D eigenvalue weighted by Gasteiger charge is 2.41. The van der Waals surface area contributed by atoms with Gasteiger partial charge in [0.2, 0.25) is 5.91 Å². The Hall–Kier alpha value is -2.50. The summed E-state index contributed by atoms with van der Waals surface area (Å²) < 4.78 is 7.34. The first-order chi connectivity index (χ1) is 12.5. The van der Waals surface area contributed by atoms with Crippen LogP contribution in [0.25, 0.3) is 10.8 Å². The zero-order valence-electron chi connectivity index (χ0n) is 14.5. The Morgan fingerprint density at radius 1 is 1.27 bits per heavy atom. The molecule has 26 heavy (non-hydrogen) atoms. The minimum absolute atomic E-state index is 0.178. The van der Waals surface area contributed by atoms with E-state index in [1.54, 1.807) is 4.57 Å². The van der Waals surface area contributed by atoms with Crippen LogP contribution in [0.15, 0.2) is 48.8 Å². The Morgan fingerprint density at radius 3 is 2.73 bits per heavy atom. The highest BCUT2D eigenvalue weighted by atomic mass is 35.5. The van der Waals surface area contributed by atoms with Crippen LogP contribution in [0, 0.1) is 6.92 Å². The van der Waals surface area contributed by atoms with Crippen LogP contribution in [-0.2, 0) is 21.6 Å². The van der Waals surface area contributed by atoms with Crippen LogP contribution >= 0.6 is 11.6 Å². The number of halogens is 1. The Kier molecular flexibility index (Phi) is 4.13. The second-order valence-corrected chi connectivity index (χ2v) is 7.26. The van der Waals surface area contributed by atoms with E-state index < -0.39 is 0 Å². The van der Waals surface area contributed by atoms with Crippen molar-refractivity contribution in [1.29, 1.82) is 0 Å². The van der Waals surface area contributed by atoms with Gasteiger partial charge in [-0.05, 0) is 41.6 Å². The van der Waals surface area contributed by atoms with Crippen molar-refractivity contribution in [2.45, 2.75) is 19.0 Å². The first-order valence-corrected chi connectivity index (χ1v) is 8.84. The van der Waals surface area contributed by atoms with Crippen molar-refractivity contribution in [3.05, 3.63) is 64.9 Å². The number of ether oxygens (including phenoxy) is 1. The molecule has 1 amide bonds. The summed E-state index contributed by atoms with van der Waals surface area (Å²) in [7, 11) is 0. The Balaban J connectivity index is 1.66. The molecule has 0 unspecified atom stereocenters. The zero-order chi connectivity index (χ0) is 18.3. The number of aromatic nitrogens is 1. The van der Waals surface area contributed by atoms with E-state index in [-0.39, 0.29) is 18.0 Å². The summed E-state index contributed by atoms with van der Waals surface area (Å²) in [4.78, 5) is 11.1. The van der Waals surface area contributed by atoms with Gasteiger partial charge in [-0.25, -0.2) is 0 Å². The van der Waals surface area contributed by atoms with Gasteiger partial charge in [-0.15, -0.1) is 0 Å². The fourth-order valence-electron chi connectivity index (χ4n) is 3.55. The SMILES string of the molecule is Cc1c(Cl)cccc1C1(Nc2ccc3cn(CC(N)=O)cc3c2)COC1. The lowest BCUT2D eigenvalue weighted by molar-refractivity contribution is -0.118. The van der Waals surface area contributed by atoms with Crippen molar-refractivity contribution in [2.75, 3.05) is 18.5 Å². The zero-order valence-corrected chi connectivity index (χ0v) is 15.2. The molecule has 0 atom stereocenters. The van der Waals surface area contributed by atoms with Gasteiger partial charge >= 0.3 is 0 Å². The molecule has 134 valence electrons. The average Bonchev–Trinajstić information content (AvgIpc) is 2.94. The largest absolute Gasteiger partial charge is 0.376 e. The summed E-state index contributed by atoms with van der Waals surface area (Å²) in [6.07, 6.45) is 3.85. The fraction of sp³-hybridized carbons (Fsp3) is 0.250. The molecule has 0 radical (unpaired) electrons. The van der Waals surface area contributed by atoms with Crippen LogP contribution in [0.1, 0.15) is 11.1 Å². The lowest BCUT2D eigenvalue weighted by Crippen LogP contribution is -2.53. The number of rotatable bonds is 5. The number of hydrogen-bond donors (Lipinski definition) is 2. The summed E-state index contributed by atoms with van der Waals surface area (Å²) in [6, 6.07) is 12.1. The molecule has 0 aliphatic carbocycles. The van der Waals surface area contributed by atoms with Crippen LogP contribution in [0.3, 0.4) is 0 Å². The number of nitrogens with zero attached hydrogens (tertiary/aromatic N) is 1. The molecule has 1 aliphatic rings. The van der Waals surface area contributed by atoms with Crippen LogP contribution in [0.5, 0.6) is 0 Å². The minimum Gasteiger partial charge on any atom is -0.376 e. The van der Waals surface area contributed by atoms with Gasteiger partial charge in [0.15, 0.2) is 0 Å². The summed E-state index contributed by atoms with van der Waals surface area (Å²) >= 11 is 6.32. The van der Waals surface area contributed by atoms with Crippen molar-refractivity contribution in [2.24, 2.45) is 5.73 Å². The monoisotopic (exact) mass is 369 g/mol. The average molecular weight is 370 g/mol. The third kappa shape index (κ3) is 2.93. The fourth-order valence-corrected chi connectivity index (χ4v) is 3.73. The van der Waals surface area contributed by atoms with Crippen LogP contribution < -0.4 is 11.1 Å². The van der Waals surface area contributed by atoms with E-state index in [1.807, 2.05) is 43.6 Å². The highest BCUT2D eigenvalue weighted by molar-refractivity contribution is 6.31. The first-order valence-electron chi connectivity index (χ1n) is 8.46. The van der Waals surface area contributed by atoms with Gasteiger partial charge in [-0.1, -0.05) is 29.8 Å². The smallest absolute Gasteiger partial charge is 0.237 e. The van der Waals surface area contributed by atoms with Gasteiger partial charge in [0.1, 0.15) is 12.1 Å². The molecule has 5 nitrogen and oxygen atoms in total. The number of carbonyl (C=O) groups excluding carboxylic acids is 1. The maximum atomic E-state index is 11.1. The molecule has 6 heteroatoms. The van der Waals surface area contributed by atoms with Gasteiger partial charge in [0.25, 0.3) is 0 Å². The number of anilines is 1. The number of nitrogens with one attached hydrogen (secondary N) is 1. The normalized spacial score (nSPS) is 15.6. The maximum absolute atomic E-state index is 11.1. The lowest BCUT2D eigenvalue weighted by Gasteiger charge is -2.44. The molecular formula is C20H20ClN3O2. The van der Waals surface area contributed by atoms with Crippen molar-refractivity contribution < 1.29 is 9.53 Å². The first kappa shape index (κ1) is 16.9. The van der Waals surface area contributed by atoms with E-state index in [2.05, 4.69) is 17.4 Å². The molecule has 1 fully saturated rings. The Labute approximate surface area is 156 Å². The molecule has 4 rings (SSSR count). The van der Waals surface area contributed by atoms with Gasteiger partial charge in [-0.3, -0.25) is 4.79 Å². The minimum atomic E-state index is -0.356. The lowest BCUT2D eigenvalue weighted by atomic mass is 9.84. The number of hydrogen-bond acceptors (Lipinski definition) is 3. The van der Waals surface area contributed by atoms with Crippen molar-refractivity contribution in [1.82, 2.24) is 4.57 Å². The van der Waals surface area contributed by atoms with E-state index in [4.69, 9.17) is 22.1 Å². The third-order valence-electron chi connectivity index (χ3n) is 4.90. The number of nitrogens with two attached hydrogens (primary N) is 1. The summed E-state index contributed by atoms with van der Waals surface area (Å²) in [6.45, 7) is 3.40. The van der Waals surface area contributed by atoms with E-state index in [0.29, 0.717) is 13.2 Å². The van der Waals surface area contributed by atoms with Crippen molar-refractivity contribution in [3.63, 3.8) is 0 Å². The van der Waals surface area contributed by atoms with Gasteiger partial charge in [0.05, 0.1) is 13.2 Å². The molecular weight excluding hydrogens is 350 g/mol. The van der Waals surface area contributed by atoms with E-state index in [1.165, 1.54) is 0 Å². The van der Waals surface area contributed by atoms with Gasteiger partial charge in [-0.2, -0.15) is 0 Å². The van der Waals surface area contributed by atoms with E-state index >= 15 is 0 Å². The number of amides is 1. The Morgan fingerprint density at radius 2 is 2.04 bits per heavy atom. The standard InChI is InChI=1S/C20H20ClN3O2/c1-13-17(3-2-4-18(13)21)20(11-26-12-20)23-16-6-5-14-8-24(10-19(22)25)9-15(14)7-16/h2-9,23H,10-12H2,1H3,(H2,22,25). The number of primary amides is 1. The number of benzene rings is 2. The molecule has 3 N–H and O–H groups in total. The molecule has 1 aromatic heterocycles. The second kappa shape index (κ2) is 6.34. The Bertz CT molecular complexity index is 992. The quantitative estimate of drug-likeness (QED) is 0.724. The van der Waals surface area contributed by atoms with Crippen LogP contribution in [-0.4, -0.2) is 23.7 Å². The third-order valence-corrected chi connectivity index (χ3v) is 5.31. The molecule has 1 saturated heterocycles. The molecule has 2 heterocycles. The van der Waals surface area contributed by atoms with E-state index in [0.717, 1.165) is 32.6 Å². The molecule has 3 aromatic rings. The second-order valence-electron chi connectivity index (χ2n) is 6.85. The number of carbonyl (C=O) groups is 1. The van der Waals surface area contributed by atoms with Crippen molar-refractivity contribution >= 4 is 34.0 Å². The molecule has 2 aromatic carbocycles. The summed E-state index contributed by atoms with van der Waals surface area (Å²) in [5.74, 6) is -0.356. The molecule has 1 aliphatic heterocycles. The van der Waals surface area contributed by atoms with E-state index in [9.17, 15) is 4.79 Å². The van der Waals surface area contributed by atoms with Gasteiger partial charge in [0, 0.05) is 28.5 Å². The number of fused-ring (bicyclic) bond motifs is 1. The highest BCUT2D eigenvalue weighted by Crippen LogP contribution is 2.38. The summed E-state index contributed by atoms with van der Waals surface area (Å²) in [5.41, 5.74) is 8.22. The predicted octanol–water partition coefficient (Wildman–Crippen LogP) is 3.43. The van der Waals surface area contributed by atoms with Gasteiger partial charge < -0.3 is 20.4 Å². The summed E-state index contributed by atoms with van der Waals surface area (Å²) in [5, 5.41) is 6.51. The van der Waals surface area contributed by atoms with Crippen LogP contribution in [0.2, 0.25) is 5.02 Å². The maximum Gasteiger partial charge on any atom is 0.237 e. The molecule has 0 spiro atoms. The molecule has 0 saturated carbocycles. The topological polar surface area (TPSA) is 69.3 Å². The van der Waals surface area contributed by atoms with Crippen molar-refractivity contribution in [3.8, 4) is 0 Å².